The minimum Gasteiger partial charge on any atom is -0.479 e. The van der Waals surface area contributed by atoms with E-state index in [0.717, 1.165) is 0 Å². The van der Waals surface area contributed by atoms with E-state index in [4.69, 9.17) is 32.5 Å². The summed E-state index contributed by atoms with van der Waals surface area (Å²) in [6, 6.07) is 6.57. The average Bonchev–Trinajstić information content (AvgIpc) is 2.80. The number of anilines is 1. The van der Waals surface area contributed by atoms with E-state index in [9.17, 15) is 4.79 Å². The molecule has 2 aromatic rings. The van der Waals surface area contributed by atoms with Crippen LogP contribution in [0.1, 0.15) is 12.7 Å². The summed E-state index contributed by atoms with van der Waals surface area (Å²) in [4.78, 5) is 11.9. The second-order valence-electron chi connectivity index (χ2n) is 4.12. The summed E-state index contributed by atoms with van der Waals surface area (Å²) in [7, 11) is 0. The maximum Gasteiger partial charge on any atom is 0.266 e. The van der Waals surface area contributed by atoms with Gasteiger partial charge in [0.15, 0.2) is 11.9 Å². The summed E-state index contributed by atoms with van der Waals surface area (Å²) in [5.41, 5.74) is 0. The van der Waals surface area contributed by atoms with Gasteiger partial charge in [0.1, 0.15) is 16.5 Å². The van der Waals surface area contributed by atoms with Crippen LogP contribution in [0.3, 0.4) is 0 Å². The van der Waals surface area contributed by atoms with Crippen LogP contribution >= 0.6 is 23.2 Å². The molecule has 7 heteroatoms. The lowest BCUT2D eigenvalue weighted by Gasteiger charge is -2.15. The number of hydrogen-bond acceptors (Lipinski definition) is 4. The van der Waals surface area contributed by atoms with Gasteiger partial charge in [0, 0.05) is 6.07 Å². The Morgan fingerprint density at radius 3 is 2.85 bits per heavy atom. The predicted octanol–water partition coefficient (Wildman–Crippen LogP) is 3.70. The van der Waals surface area contributed by atoms with E-state index in [1.807, 2.05) is 0 Å². The molecule has 20 heavy (non-hydrogen) atoms. The van der Waals surface area contributed by atoms with Crippen LogP contribution in [0, 0.1) is 6.92 Å². The zero-order chi connectivity index (χ0) is 14.7. The van der Waals surface area contributed by atoms with E-state index in [1.165, 1.54) is 0 Å². The summed E-state index contributed by atoms with van der Waals surface area (Å²) < 4.78 is 10.3. The molecule has 0 saturated carbocycles. The molecule has 0 saturated heterocycles. The Morgan fingerprint density at radius 1 is 1.45 bits per heavy atom. The van der Waals surface area contributed by atoms with Crippen molar-refractivity contribution in [1.29, 1.82) is 0 Å². The third-order valence-corrected chi connectivity index (χ3v) is 3.27. The number of ether oxygens (including phenoxy) is 1. The monoisotopic (exact) mass is 314 g/mol. The standard InChI is InChI=1S/C13H12Cl2N2O3/c1-7-6-11(17-20-7)16-13(18)8(2)19-10-5-3-4-9(14)12(10)15/h3-6,8H,1-2H3,(H,16,17,18). The molecule has 2 rings (SSSR count). The summed E-state index contributed by atoms with van der Waals surface area (Å²) in [5, 5.41) is 6.87. The highest BCUT2D eigenvalue weighted by Crippen LogP contribution is 2.32. The molecule has 0 aliphatic carbocycles. The minimum atomic E-state index is -0.761. The van der Waals surface area contributed by atoms with Crippen LogP contribution < -0.4 is 10.1 Å². The fraction of sp³-hybridized carbons (Fsp3) is 0.231. The van der Waals surface area contributed by atoms with Gasteiger partial charge in [0.2, 0.25) is 0 Å². The molecule has 1 unspecified atom stereocenters. The fourth-order valence-electron chi connectivity index (χ4n) is 1.47. The van der Waals surface area contributed by atoms with Crippen LogP contribution in [0.5, 0.6) is 5.75 Å². The zero-order valence-electron chi connectivity index (χ0n) is 10.8. The molecule has 0 radical (unpaired) electrons. The highest BCUT2D eigenvalue weighted by Gasteiger charge is 2.18. The van der Waals surface area contributed by atoms with Crippen molar-refractivity contribution in [3.05, 3.63) is 40.1 Å². The van der Waals surface area contributed by atoms with Gasteiger partial charge < -0.3 is 14.6 Å². The summed E-state index contributed by atoms with van der Waals surface area (Å²) >= 11 is 11.9. The number of nitrogens with zero attached hydrogens (tertiary/aromatic N) is 1. The van der Waals surface area contributed by atoms with Gasteiger partial charge in [-0.2, -0.15) is 0 Å². The van der Waals surface area contributed by atoms with Crippen LogP contribution in [-0.4, -0.2) is 17.2 Å². The van der Waals surface area contributed by atoms with E-state index < -0.39 is 6.10 Å². The summed E-state index contributed by atoms with van der Waals surface area (Å²) in [6.07, 6.45) is -0.761. The molecule has 5 nitrogen and oxygen atoms in total. The van der Waals surface area contributed by atoms with Gasteiger partial charge in [-0.1, -0.05) is 34.4 Å². The lowest BCUT2D eigenvalue weighted by Crippen LogP contribution is -2.30. The van der Waals surface area contributed by atoms with E-state index in [1.54, 1.807) is 38.1 Å². The normalized spacial score (nSPS) is 12.0. The zero-order valence-corrected chi connectivity index (χ0v) is 12.3. The Morgan fingerprint density at radius 2 is 2.20 bits per heavy atom. The number of rotatable bonds is 4. The van der Waals surface area contributed by atoms with Crippen LogP contribution in [0.15, 0.2) is 28.8 Å². The Kier molecular flexibility index (Phi) is 4.52. The summed E-state index contributed by atoms with van der Waals surface area (Å²) in [5.74, 6) is 0.916. The number of carbonyl (C=O) groups excluding carboxylic acids is 1. The van der Waals surface area contributed by atoms with Gasteiger partial charge >= 0.3 is 0 Å². The molecule has 0 fully saturated rings. The number of carbonyl (C=O) groups is 1. The maximum absolute atomic E-state index is 11.9. The SMILES string of the molecule is Cc1cc(NC(=O)C(C)Oc2cccc(Cl)c2Cl)no1. The van der Waals surface area contributed by atoms with Gasteiger partial charge in [-0.15, -0.1) is 0 Å². The molecule has 1 amide bonds. The second-order valence-corrected chi connectivity index (χ2v) is 4.91. The largest absolute Gasteiger partial charge is 0.479 e. The molecule has 1 atom stereocenters. The highest BCUT2D eigenvalue weighted by molar-refractivity contribution is 6.42. The Labute approximate surface area is 125 Å². The predicted molar refractivity (Wildman–Crippen MR) is 76.4 cm³/mol. The van der Waals surface area contributed by atoms with Gasteiger partial charge in [0.25, 0.3) is 5.91 Å². The first kappa shape index (κ1) is 14.7. The van der Waals surface area contributed by atoms with Crippen LogP contribution in [0.4, 0.5) is 5.82 Å². The molecular formula is C13H12Cl2N2O3. The first-order valence-electron chi connectivity index (χ1n) is 5.82. The molecule has 0 spiro atoms. The molecule has 1 heterocycles. The fourth-order valence-corrected chi connectivity index (χ4v) is 1.81. The van der Waals surface area contributed by atoms with E-state index in [-0.39, 0.29) is 10.9 Å². The van der Waals surface area contributed by atoms with Crippen molar-refractivity contribution in [1.82, 2.24) is 5.16 Å². The second kappa shape index (κ2) is 6.15. The molecule has 0 bridgehead atoms. The number of halogens is 2. The van der Waals surface area contributed by atoms with Crippen molar-refractivity contribution in [2.24, 2.45) is 0 Å². The Hall–Kier alpha value is -1.72. The lowest BCUT2D eigenvalue weighted by molar-refractivity contribution is -0.122. The maximum atomic E-state index is 11.9. The number of hydrogen-bond donors (Lipinski definition) is 1. The molecule has 0 aliphatic heterocycles. The molecule has 1 aromatic heterocycles. The van der Waals surface area contributed by atoms with Crippen molar-refractivity contribution in [3.63, 3.8) is 0 Å². The third-order valence-electron chi connectivity index (χ3n) is 2.47. The van der Waals surface area contributed by atoms with Crippen molar-refractivity contribution in [3.8, 4) is 5.75 Å². The number of aromatic nitrogens is 1. The van der Waals surface area contributed by atoms with Crippen LogP contribution in [0.25, 0.3) is 0 Å². The summed E-state index contributed by atoms with van der Waals surface area (Å²) in [6.45, 7) is 3.33. The topological polar surface area (TPSA) is 64.4 Å². The quantitative estimate of drug-likeness (QED) is 0.934. The number of benzene rings is 1. The number of aryl methyl sites for hydroxylation is 1. The third kappa shape index (κ3) is 3.43. The highest BCUT2D eigenvalue weighted by atomic mass is 35.5. The molecular weight excluding hydrogens is 303 g/mol. The van der Waals surface area contributed by atoms with Gasteiger partial charge in [-0.25, -0.2) is 0 Å². The van der Waals surface area contributed by atoms with E-state index >= 15 is 0 Å². The van der Waals surface area contributed by atoms with Crippen molar-refractivity contribution < 1.29 is 14.1 Å². The molecule has 0 aliphatic rings. The van der Waals surface area contributed by atoms with Crippen molar-refractivity contribution >= 4 is 34.9 Å². The van der Waals surface area contributed by atoms with Gasteiger partial charge in [-0.3, -0.25) is 4.79 Å². The lowest BCUT2D eigenvalue weighted by atomic mass is 10.3. The van der Waals surface area contributed by atoms with Gasteiger partial charge in [0.05, 0.1) is 5.02 Å². The van der Waals surface area contributed by atoms with E-state index in [2.05, 4.69) is 10.5 Å². The Balaban J connectivity index is 2.02. The average molecular weight is 315 g/mol. The minimum absolute atomic E-state index is 0.270. The first-order valence-corrected chi connectivity index (χ1v) is 6.58. The number of amides is 1. The van der Waals surface area contributed by atoms with Crippen LogP contribution in [0.2, 0.25) is 10.0 Å². The molecule has 1 aromatic carbocycles. The van der Waals surface area contributed by atoms with Crippen LogP contribution in [-0.2, 0) is 4.79 Å². The Bertz CT molecular complexity index is 628. The van der Waals surface area contributed by atoms with E-state index in [0.29, 0.717) is 22.4 Å². The van der Waals surface area contributed by atoms with Gasteiger partial charge in [-0.05, 0) is 26.0 Å². The molecule has 106 valence electrons. The molecule has 1 N–H and O–H groups in total. The van der Waals surface area contributed by atoms with Crippen molar-refractivity contribution in [2.75, 3.05) is 5.32 Å². The number of nitrogens with one attached hydrogen (secondary N) is 1. The first-order chi connectivity index (χ1) is 9.47. The van der Waals surface area contributed by atoms with Crippen molar-refractivity contribution in [2.45, 2.75) is 20.0 Å². The smallest absolute Gasteiger partial charge is 0.266 e.